The van der Waals surface area contributed by atoms with E-state index in [2.05, 4.69) is 9.80 Å². The van der Waals surface area contributed by atoms with E-state index in [1.54, 1.807) is 19.2 Å². The molecule has 0 aromatic heterocycles. The molecule has 1 N–H and O–H groups in total. The van der Waals surface area contributed by atoms with Crippen LogP contribution in [0.1, 0.15) is 29.9 Å². The Bertz CT molecular complexity index is 843. The minimum Gasteiger partial charge on any atom is -0.497 e. The van der Waals surface area contributed by atoms with E-state index in [4.69, 9.17) is 4.74 Å². The van der Waals surface area contributed by atoms with Crippen molar-refractivity contribution >= 4 is 6.29 Å². The largest absolute Gasteiger partial charge is 0.497 e. The lowest BCUT2D eigenvalue weighted by atomic mass is 9.86. The molecule has 30 heavy (non-hydrogen) atoms. The zero-order valence-corrected chi connectivity index (χ0v) is 17.3. The summed E-state index contributed by atoms with van der Waals surface area (Å²) in [5.74, 6) is 0.656. The summed E-state index contributed by atoms with van der Waals surface area (Å²) in [6.07, 6.45) is 2.31. The van der Waals surface area contributed by atoms with Crippen molar-refractivity contribution in [1.82, 2.24) is 9.80 Å². The van der Waals surface area contributed by atoms with Gasteiger partial charge in [-0.05, 0) is 54.8 Å². The Hall–Kier alpha value is -2.28. The van der Waals surface area contributed by atoms with Crippen LogP contribution in [0.15, 0.2) is 48.5 Å². The summed E-state index contributed by atoms with van der Waals surface area (Å²) in [6, 6.07) is 14.3. The van der Waals surface area contributed by atoms with Crippen LogP contribution in [-0.2, 0) is 11.3 Å². The lowest BCUT2D eigenvalue weighted by Gasteiger charge is -2.41. The van der Waals surface area contributed by atoms with Crippen LogP contribution in [0.4, 0.5) is 4.39 Å². The summed E-state index contributed by atoms with van der Waals surface area (Å²) in [7, 11) is 1.65. The van der Waals surface area contributed by atoms with Crippen molar-refractivity contribution in [3.8, 4) is 5.75 Å². The molecular formula is C24H29FN2O3. The summed E-state index contributed by atoms with van der Waals surface area (Å²) in [6.45, 7) is 2.87. The molecule has 0 saturated carbocycles. The fourth-order valence-electron chi connectivity index (χ4n) is 4.94. The zero-order chi connectivity index (χ0) is 21.1. The van der Waals surface area contributed by atoms with Gasteiger partial charge in [-0.2, -0.15) is 0 Å². The molecule has 0 amide bonds. The molecule has 2 heterocycles. The molecule has 2 fully saturated rings. The van der Waals surface area contributed by atoms with Crippen molar-refractivity contribution in [3.63, 3.8) is 0 Å². The van der Waals surface area contributed by atoms with E-state index < -0.39 is 6.10 Å². The first-order valence-corrected chi connectivity index (χ1v) is 10.6. The highest BCUT2D eigenvalue weighted by Crippen LogP contribution is 2.33. The standard InChI is InChI=1S/C24H29FN2O3/c1-30-20-8-4-18(5-9-20)21-10-12-27(15-24(21)29)22-11-13-26(23(22)16-28)14-17-2-6-19(25)7-3-17/h2-9,16,21-24,29H,10-15H2,1H3/t21-,22?,23?,24+/m0/s1. The SMILES string of the molecule is COc1ccc([C@@H]2CCN(C3CCN(Cc4ccc(F)cc4)C3C=O)C[C@H]2O)cc1. The van der Waals surface area contributed by atoms with E-state index in [9.17, 15) is 14.3 Å². The van der Waals surface area contributed by atoms with E-state index in [1.165, 1.54) is 12.1 Å². The maximum Gasteiger partial charge on any atom is 0.138 e. The number of rotatable bonds is 6. The lowest BCUT2D eigenvalue weighted by Crippen LogP contribution is -2.52. The highest BCUT2D eigenvalue weighted by atomic mass is 19.1. The van der Waals surface area contributed by atoms with Crippen LogP contribution in [0.25, 0.3) is 0 Å². The van der Waals surface area contributed by atoms with Crippen molar-refractivity contribution in [2.45, 2.75) is 43.5 Å². The number of halogens is 1. The highest BCUT2D eigenvalue weighted by molar-refractivity contribution is 5.60. The Kier molecular flexibility index (Phi) is 6.46. The summed E-state index contributed by atoms with van der Waals surface area (Å²) >= 11 is 0. The van der Waals surface area contributed by atoms with Crippen LogP contribution < -0.4 is 4.74 Å². The van der Waals surface area contributed by atoms with Crippen molar-refractivity contribution < 1.29 is 19.0 Å². The van der Waals surface area contributed by atoms with Gasteiger partial charge in [0.2, 0.25) is 0 Å². The molecule has 0 radical (unpaired) electrons. The Balaban J connectivity index is 1.39. The van der Waals surface area contributed by atoms with Crippen LogP contribution in [-0.4, -0.2) is 66.1 Å². The number of carbonyl (C=O) groups excluding carboxylic acids is 1. The third-order valence-corrected chi connectivity index (χ3v) is 6.59. The molecule has 0 bridgehead atoms. The number of hydrogen-bond acceptors (Lipinski definition) is 5. The fourth-order valence-corrected chi connectivity index (χ4v) is 4.94. The summed E-state index contributed by atoms with van der Waals surface area (Å²) < 4.78 is 18.4. The van der Waals surface area contributed by atoms with Gasteiger partial charge in [-0.25, -0.2) is 4.39 Å². The van der Waals surface area contributed by atoms with E-state index in [0.29, 0.717) is 13.1 Å². The van der Waals surface area contributed by atoms with E-state index in [0.717, 1.165) is 49.1 Å². The van der Waals surface area contributed by atoms with Crippen LogP contribution >= 0.6 is 0 Å². The predicted octanol–water partition coefficient (Wildman–Crippen LogP) is 2.83. The maximum absolute atomic E-state index is 13.2. The molecule has 2 aromatic carbocycles. The molecule has 5 nitrogen and oxygen atoms in total. The van der Waals surface area contributed by atoms with Gasteiger partial charge in [0, 0.05) is 31.6 Å². The number of carbonyl (C=O) groups is 1. The number of nitrogens with zero attached hydrogens (tertiary/aromatic N) is 2. The van der Waals surface area contributed by atoms with Gasteiger partial charge in [-0.3, -0.25) is 9.80 Å². The number of likely N-dealkylation sites (tertiary alicyclic amines) is 2. The molecule has 0 aliphatic carbocycles. The van der Waals surface area contributed by atoms with Gasteiger partial charge < -0.3 is 14.6 Å². The molecule has 160 valence electrons. The van der Waals surface area contributed by atoms with Gasteiger partial charge in [0.1, 0.15) is 17.9 Å². The monoisotopic (exact) mass is 412 g/mol. The molecule has 4 rings (SSSR count). The predicted molar refractivity (Wildman–Crippen MR) is 113 cm³/mol. The molecule has 0 spiro atoms. The molecular weight excluding hydrogens is 383 g/mol. The molecule has 2 saturated heterocycles. The van der Waals surface area contributed by atoms with Gasteiger partial charge in [-0.1, -0.05) is 24.3 Å². The van der Waals surface area contributed by atoms with E-state index >= 15 is 0 Å². The smallest absolute Gasteiger partial charge is 0.138 e. The summed E-state index contributed by atoms with van der Waals surface area (Å²) in [5.41, 5.74) is 2.13. The van der Waals surface area contributed by atoms with Gasteiger partial charge in [0.15, 0.2) is 0 Å². The number of ether oxygens (including phenoxy) is 1. The second kappa shape index (κ2) is 9.25. The summed E-state index contributed by atoms with van der Waals surface area (Å²) in [5, 5.41) is 10.9. The fraction of sp³-hybridized carbons (Fsp3) is 0.458. The number of hydrogen-bond donors (Lipinski definition) is 1. The average molecular weight is 413 g/mol. The molecule has 2 aliphatic rings. The van der Waals surface area contributed by atoms with Gasteiger partial charge in [-0.15, -0.1) is 0 Å². The first kappa shape index (κ1) is 21.0. The average Bonchev–Trinajstić information content (AvgIpc) is 3.18. The van der Waals surface area contributed by atoms with Crippen molar-refractivity contribution in [3.05, 3.63) is 65.5 Å². The van der Waals surface area contributed by atoms with Gasteiger partial charge in [0.25, 0.3) is 0 Å². The Morgan fingerprint density at radius 3 is 2.47 bits per heavy atom. The topological polar surface area (TPSA) is 53.0 Å². The number of piperidine rings is 1. The van der Waals surface area contributed by atoms with Crippen LogP contribution in [0, 0.1) is 5.82 Å². The minimum absolute atomic E-state index is 0.0959. The number of aldehydes is 1. The van der Waals surface area contributed by atoms with Crippen molar-refractivity contribution in [2.24, 2.45) is 0 Å². The van der Waals surface area contributed by atoms with E-state index in [-0.39, 0.29) is 23.8 Å². The zero-order valence-electron chi connectivity index (χ0n) is 17.3. The Morgan fingerprint density at radius 1 is 1.10 bits per heavy atom. The number of aliphatic hydroxyl groups excluding tert-OH is 1. The lowest BCUT2D eigenvalue weighted by molar-refractivity contribution is -0.113. The normalized spacial score (nSPS) is 27.8. The highest BCUT2D eigenvalue weighted by Gasteiger charge is 2.40. The Morgan fingerprint density at radius 2 is 1.83 bits per heavy atom. The molecule has 6 heteroatoms. The first-order chi connectivity index (χ1) is 14.6. The number of β-amino-alcohol motifs (C(OH)–C–C–N with tert-alkyl or cyclic N) is 1. The molecule has 4 atom stereocenters. The number of aliphatic hydroxyl groups is 1. The quantitative estimate of drug-likeness (QED) is 0.740. The minimum atomic E-state index is -0.467. The number of benzene rings is 2. The molecule has 2 aliphatic heterocycles. The molecule has 2 aromatic rings. The third-order valence-electron chi connectivity index (χ3n) is 6.59. The maximum atomic E-state index is 13.2. The van der Waals surface area contributed by atoms with Gasteiger partial charge in [0.05, 0.1) is 19.3 Å². The second-order valence-corrected chi connectivity index (χ2v) is 8.31. The van der Waals surface area contributed by atoms with Crippen molar-refractivity contribution in [1.29, 1.82) is 0 Å². The van der Waals surface area contributed by atoms with Crippen LogP contribution in [0.5, 0.6) is 5.75 Å². The first-order valence-electron chi connectivity index (χ1n) is 10.6. The number of methoxy groups -OCH3 is 1. The second-order valence-electron chi connectivity index (χ2n) is 8.31. The molecule has 2 unspecified atom stereocenters. The van der Waals surface area contributed by atoms with E-state index in [1.807, 2.05) is 24.3 Å². The summed E-state index contributed by atoms with van der Waals surface area (Å²) in [4.78, 5) is 16.4. The van der Waals surface area contributed by atoms with Crippen LogP contribution in [0.2, 0.25) is 0 Å². The van der Waals surface area contributed by atoms with Crippen molar-refractivity contribution in [2.75, 3.05) is 26.7 Å². The third kappa shape index (κ3) is 4.41. The van der Waals surface area contributed by atoms with Crippen LogP contribution in [0.3, 0.4) is 0 Å². The Labute approximate surface area is 177 Å². The van der Waals surface area contributed by atoms with Gasteiger partial charge >= 0.3 is 0 Å².